The zero-order chi connectivity index (χ0) is 14.5. The van der Waals surface area contributed by atoms with Gasteiger partial charge in [0.2, 0.25) is 11.7 Å². The third-order valence-electron chi connectivity index (χ3n) is 3.08. The summed E-state index contributed by atoms with van der Waals surface area (Å²) in [6.07, 6.45) is 0. The van der Waals surface area contributed by atoms with Crippen molar-refractivity contribution in [3.05, 3.63) is 47.9 Å². The molecule has 4 nitrogen and oxygen atoms in total. The lowest BCUT2D eigenvalue weighted by Gasteiger charge is -2.17. The van der Waals surface area contributed by atoms with Crippen molar-refractivity contribution < 1.29 is 4.52 Å². The van der Waals surface area contributed by atoms with Crippen molar-refractivity contribution in [2.75, 3.05) is 13.1 Å². The second kappa shape index (κ2) is 6.48. The predicted octanol–water partition coefficient (Wildman–Crippen LogP) is 3.44. The summed E-state index contributed by atoms with van der Waals surface area (Å²) >= 11 is 0. The fourth-order valence-electron chi connectivity index (χ4n) is 1.99. The molecule has 0 N–H and O–H groups in total. The van der Waals surface area contributed by atoms with E-state index in [1.54, 1.807) is 0 Å². The Labute approximate surface area is 120 Å². The summed E-state index contributed by atoms with van der Waals surface area (Å²) in [6, 6.07) is 8.11. The molecule has 20 heavy (non-hydrogen) atoms. The second-order valence-electron chi connectivity index (χ2n) is 5.14. The molecule has 0 amide bonds. The molecule has 1 aromatic carbocycles. The fourth-order valence-corrected chi connectivity index (χ4v) is 1.99. The largest absolute Gasteiger partial charge is 0.338 e. The lowest BCUT2D eigenvalue weighted by atomic mass is 10.1. The Morgan fingerprint density at radius 2 is 2.00 bits per heavy atom. The van der Waals surface area contributed by atoms with E-state index < -0.39 is 0 Å². The van der Waals surface area contributed by atoms with Gasteiger partial charge < -0.3 is 4.52 Å². The molecule has 0 saturated heterocycles. The summed E-state index contributed by atoms with van der Waals surface area (Å²) in [5.41, 5.74) is 3.33. The van der Waals surface area contributed by atoms with E-state index in [2.05, 4.69) is 35.5 Å². The lowest BCUT2D eigenvalue weighted by Crippen LogP contribution is -2.24. The normalized spacial score (nSPS) is 11.0. The van der Waals surface area contributed by atoms with Gasteiger partial charge in [-0.15, -0.1) is 0 Å². The number of hydrogen-bond donors (Lipinski definition) is 0. The van der Waals surface area contributed by atoms with Gasteiger partial charge in [-0.2, -0.15) is 4.98 Å². The Balaban J connectivity index is 2.08. The molecule has 0 spiro atoms. The fraction of sp³-hybridized carbons (Fsp3) is 0.375. The number of aromatic nitrogens is 2. The molecule has 0 aliphatic heterocycles. The number of likely N-dealkylation sites (N-methyl/N-ethyl adjacent to an activating group) is 1. The van der Waals surface area contributed by atoms with E-state index in [4.69, 9.17) is 4.52 Å². The summed E-state index contributed by atoms with van der Waals surface area (Å²) in [5.74, 6) is 1.29. The Morgan fingerprint density at radius 1 is 1.30 bits per heavy atom. The highest BCUT2D eigenvalue weighted by atomic mass is 16.5. The third kappa shape index (κ3) is 3.78. The summed E-state index contributed by atoms with van der Waals surface area (Å²) in [6.45, 7) is 12.6. The van der Waals surface area contributed by atoms with Gasteiger partial charge in [0.1, 0.15) is 0 Å². The summed E-state index contributed by atoms with van der Waals surface area (Å²) in [7, 11) is 0. The van der Waals surface area contributed by atoms with Gasteiger partial charge in [-0.05, 0) is 20.4 Å². The average Bonchev–Trinajstić information content (AvgIpc) is 2.87. The molecule has 106 valence electrons. The molecule has 0 bridgehead atoms. The van der Waals surface area contributed by atoms with Crippen LogP contribution in [0.15, 0.2) is 40.9 Å². The van der Waals surface area contributed by atoms with Crippen LogP contribution in [0, 0.1) is 6.92 Å². The van der Waals surface area contributed by atoms with Crippen molar-refractivity contribution in [3.63, 3.8) is 0 Å². The first-order valence-corrected chi connectivity index (χ1v) is 6.85. The summed E-state index contributed by atoms with van der Waals surface area (Å²) in [5, 5.41) is 4.05. The molecule has 0 atom stereocenters. The van der Waals surface area contributed by atoms with E-state index in [1.165, 1.54) is 5.56 Å². The lowest BCUT2D eigenvalue weighted by molar-refractivity contribution is 0.252. The molecule has 0 radical (unpaired) electrons. The van der Waals surface area contributed by atoms with Gasteiger partial charge in [-0.1, -0.05) is 54.1 Å². The minimum absolute atomic E-state index is 0.642. The van der Waals surface area contributed by atoms with Gasteiger partial charge in [0, 0.05) is 12.1 Å². The van der Waals surface area contributed by atoms with Gasteiger partial charge in [-0.25, -0.2) is 0 Å². The molecule has 2 rings (SSSR count). The van der Waals surface area contributed by atoms with Gasteiger partial charge in [0.05, 0.1) is 6.54 Å². The molecule has 0 fully saturated rings. The molecule has 0 aliphatic rings. The Hall–Kier alpha value is -1.94. The minimum atomic E-state index is 0.642. The number of rotatable bonds is 6. The third-order valence-corrected chi connectivity index (χ3v) is 3.08. The van der Waals surface area contributed by atoms with E-state index in [1.807, 2.05) is 31.2 Å². The van der Waals surface area contributed by atoms with Crippen LogP contribution in [0.25, 0.3) is 11.4 Å². The highest BCUT2D eigenvalue weighted by Gasteiger charge is 2.12. The number of hydrogen-bond acceptors (Lipinski definition) is 4. The molecule has 0 unspecified atom stereocenters. The maximum absolute atomic E-state index is 5.33. The van der Waals surface area contributed by atoms with Gasteiger partial charge in [0.15, 0.2) is 0 Å². The zero-order valence-electron chi connectivity index (χ0n) is 12.4. The van der Waals surface area contributed by atoms with Crippen molar-refractivity contribution in [1.82, 2.24) is 15.0 Å². The first kappa shape index (κ1) is 14.5. The van der Waals surface area contributed by atoms with Gasteiger partial charge in [-0.3, -0.25) is 4.90 Å². The number of aryl methyl sites for hydroxylation is 1. The van der Waals surface area contributed by atoms with E-state index in [0.717, 1.165) is 24.2 Å². The molecule has 4 heteroatoms. The van der Waals surface area contributed by atoms with Crippen LogP contribution in [0.1, 0.15) is 25.3 Å². The van der Waals surface area contributed by atoms with E-state index in [9.17, 15) is 0 Å². The SMILES string of the molecule is C=C(C)CN(CC)Cc1nc(-c2ccc(C)cc2)no1. The van der Waals surface area contributed by atoms with Crippen LogP contribution in [-0.4, -0.2) is 28.1 Å². The van der Waals surface area contributed by atoms with Crippen molar-refractivity contribution >= 4 is 0 Å². The molecular weight excluding hydrogens is 250 g/mol. The van der Waals surface area contributed by atoms with Crippen LogP contribution in [0.5, 0.6) is 0 Å². The van der Waals surface area contributed by atoms with E-state index in [0.29, 0.717) is 18.3 Å². The summed E-state index contributed by atoms with van der Waals surface area (Å²) in [4.78, 5) is 6.67. The summed E-state index contributed by atoms with van der Waals surface area (Å²) < 4.78 is 5.33. The zero-order valence-corrected chi connectivity index (χ0v) is 12.4. The van der Waals surface area contributed by atoms with E-state index >= 15 is 0 Å². The molecule has 0 saturated carbocycles. The van der Waals surface area contributed by atoms with Gasteiger partial charge >= 0.3 is 0 Å². The monoisotopic (exact) mass is 271 g/mol. The van der Waals surface area contributed by atoms with Crippen LogP contribution in [0.4, 0.5) is 0 Å². The van der Waals surface area contributed by atoms with Crippen molar-refractivity contribution in [1.29, 1.82) is 0 Å². The maximum atomic E-state index is 5.33. The highest BCUT2D eigenvalue weighted by molar-refractivity contribution is 5.54. The molecule has 1 aromatic heterocycles. The van der Waals surface area contributed by atoms with Gasteiger partial charge in [0.25, 0.3) is 0 Å². The van der Waals surface area contributed by atoms with Crippen LogP contribution in [0.2, 0.25) is 0 Å². The quantitative estimate of drug-likeness (QED) is 0.755. The van der Waals surface area contributed by atoms with Crippen molar-refractivity contribution in [2.45, 2.75) is 27.3 Å². The minimum Gasteiger partial charge on any atom is -0.338 e. The van der Waals surface area contributed by atoms with Crippen LogP contribution in [0.3, 0.4) is 0 Å². The Bertz CT molecular complexity index is 572. The standard InChI is InChI=1S/C16H21N3O/c1-5-19(10-12(2)3)11-15-17-16(18-20-15)14-8-6-13(4)7-9-14/h6-9H,2,5,10-11H2,1,3-4H3. The van der Waals surface area contributed by atoms with Crippen LogP contribution in [-0.2, 0) is 6.54 Å². The first-order chi connectivity index (χ1) is 9.58. The van der Waals surface area contributed by atoms with Crippen molar-refractivity contribution in [2.24, 2.45) is 0 Å². The Morgan fingerprint density at radius 3 is 2.60 bits per heavy atom. The number of nitrogens with zero attached hydrogens (tertiary/aromatic N) is 3. The predicted molar refractivity (Wildman–Crippen MR) is 80.2 cm³/mol. The van der Waals surface area contributed by atoms with Crippen LogP contribution >= 0.6 is 0 Å². The molecule has 1 heterocycles. The number of benzene rings is 1. The second-order valence-corrected chi connectivity index (χ2v) is 5.14. The smallest absolute Gasteiger partial charge is 0.241 e. The van der Waals surface area contributed by atoms with Crippen LogP contribution < -0.4 is 0 Å². The van der Waals surface area contributed by atoms with E-state index in [-0.39, 0.29) is 0 Å². The highest BCUT2D eigenvalue weighted by Crippen LogP contribution is 2.17. The molecule has 0 aliphatic carbocycles. The molecule has 2 aromatic rings. The molecular formula is C16H21N3O. The topological polar surface area (TPSA) is 42.2 Å². The van der Waals surface area contributed by atoms with Crippen molar-refractivity contribution in [3.8, 4) is 11.4 Å². The average molecular weight is 271 g/mol. The first-order valence-electron chi connectivity index (χ1n) is 6.85. The maximum Gasteiger partial charge on any atom is 0.241 e. The Kier molecular flexibility index (Phi) is 4.69.